The van der Waals surface area contributed by atoms with Gasteiger partial charge in [0.05, 0.1) is 13.2 Å². The molecule has 0 aromatic carbocycles. The molecule has 0 fully saturated rings. The lowest BCUT2D eigenvalue weighted by molar-refractivity contribution is -0.161. The number of rotatable bonds is 79. The van der Waals surface area contributed by atoms with Gasteiger partial charge in [-0.1, -0.05) is 401 Å². The average Bonchev–Trinajstić information content (AvgIpc) is 3.25. The molecule has 0 saturated heterocycles. The molecule has 556 valence electrons. The number of ether oxygens (including phenoxy) is 2. The van der Waals surface area contributed by atoms with Gasteiger partial charge in [0, 0.05) is 19.4 Å². The Balaban J connectivity index is 3.74. The zero-order valence-corrected chi connectivity index (χ0v) is 63.8. The van der Waals surface area contributed by atoms with Gasteiger partial charge in [0.1, 0.15) is 6.61 Å². The van der Waals surface area contributed by atoms with Crippen molar-refractivity contribution in [2.24, 2.45) is 5.73 Å². The van der Waals surface area contributed by atoms with E-state index in [1.807, 2.05) is 0 Å². The van der Waals surface area contributed by atoms with E-state index in [1.54, 1.807) is 0 Å². The summed E-state index contributed by atoms with van der Waals surface area (Å²) in [4.78, 5) is 35.5. The van der Waals surface area contributed by atoms with E-state index in [4.69, 9.17) is 24.3 Å². The van der Waals surface area contributed by atoms with Crippen molar-refractivity contribution < 1.29 is 37.6 Å². The van der Waals surface area contributed by atoms with Gasteiger partial charge >= 0.3 is 19.8 Å². The van der Waals surface area contributed by atoms with Gasteiger partial charge in [-0.3, -0.25) is 18.6 Å². The number of esters is 2. The average molecular weight is 1350 g/mol. The van der Waals surface area contributed by atoms with Crippen LogP contribution in [0, 0.1) is 0 Å². The highest BCUT2D eigenvalue weighted by Gasteiger charge is 2.26. The maximum absolute atomic E-state index is 12.8. The molecule has 0 radical (unpaired) electrons. The second-order valence-corrected chi connectivity index (χ2v) is 29.4. The fourth-order valence-electron chi connectivity index (χ4n) is 12.5. The van der Waals surface area contributed by atoms with Crippen LogP contribution in [-0.2, 0) is 32.7 Å². The van der Waals surface area contributed by atoms with Gasteiger partial charge in [0.25, 0.3) is 0 Å². The van der Waals surface area contributed by atoms with Gasteiger partial charge in [0.15, 0.2) is 6.10 Å². The highest BCUT2D eigenvalue weighted by Crippen LogP contribution is 2.43. The van der Waals surface area contributed by atoms with Crippen LogP contribution >= 0.6 is 7.82 Å². The van der Waals surface area contributed by atoms with E-state index in [0.29, 0.717) is 6.42 Å². The Labute approximate surface area is 590 Å². The molecule has 0 aliphatic heterocycles. The Hall–Kier alpha value is -2.55. The van der Waals surface area contributed by atoms with Crippen LogP contribution in [0.1, 0.15) is 425 Å². The number of allylic oxidation sites excluding steroid dienone is 12. The molecule has 0 aromatic rings. The van der Waals surface area contributed by atoms with Crippen molar-refractivity contribution in [3.8, 4) is 0 Å². The van der Waals surface area contributed by atoms with Crippen LogP contribution in [0.4, 0.5) is 0 Å². The van der Waals surface area contributed by atoms with E-state index in [0.717, 1.165) is 70.6 Å². The molecular formula is C85H158NO8P. The number of unbranched alkanes of at least 4 members (excludes halogenated alkanes) is 54. The highest BCUT2D eigenvalue weighted by atomic mass is 31.2. The van der Waals surface area contributed by atoms with Crippen LogP contribution in [0.15, 0.2) is 72.9 Å². The molecule has 0 aliphatic carbocycles. The Morgan fingerprint density at radius 2 is 0.579 bits per heavy atom. The van der Waals surface area contributed by atoms with Crippen molar-refractivity contribution >= 4 is 19.8 Å². The molecule has 10 heteroatoms. The van der Waals surface area contributed by atoms with E-state index in [1.165, 1.54) is 321 Å². The second kappa shape index (κ2) is 80.4. The highest BCUT2D eigenvalue weighted by molar-refractivity contribution is 7.47. The SMILES string of the molecule is CC/C=C\C/C=C\C/C=C\C/C=C\C/C=C\CCCCCCCCCCCCCCCCCCCC(=O)OC(COC(=O)CCCCCCCCCCCCCCCCCCCCCCCCCCCCCCC/C=C\CCCCCCCCCC)COP(=O)(O)OCCN. The maximum atomic E-state index is 12.8. The van der Waals surface area contributed by atoms with Crippen LogP contribution in [0.2, 0.25) is 0 Å². The van der Waals surface area contributed by atoms with Crippen LogP contribution in [0.3, 0.4) is 0 Å². The molecule has 3 N–H and O–H groups in total. The zero-order valence-electron chi connectivity index (χ0n) is 62.9. The fourth-order valence-corrected chi connectivity index (χ4v) is 13.3. The number of hydrogen-bond acceptors (Lipinski definition) is 8. The van der Waals surface area contributed by atoms with Crippen molar-refractivity contribution in [1.29, 1.82) is 0 Å². The molecule has 0 heterocycles. The van der Waals surface area contributed by atoms with E-state index >= 15 is 0 Å². The third-order valence-corrected chi connectivity index (χ3v) is 19.6. The fraction of sp³-hybridized carbons (Fsp3) is 0.835. The first-order valence-corrected chi connectivity index (χ1v) is 42.9. The minimum atomic E-state index is -4.40. The molecule has 0 saturated carbocycles. The molecule has 9 nitrogen and oxygen atoms in total. The summed E-state index contributed by atoms with van der Waals surface area (Å²) in [5.74, 6) is -0.806. The topological polar surface area (TPSA) is 134 Å². The summed E-state index contributed by atoms with van der Waals surface area (Å²) in [5, 5.41) is 0. The van der Waals surface area contributed by atoms with Crippen LogP contribution < -0.4 is 5.73 Å². The number of carbonyl (C=O) groups excluding carboxylic acids is 2. The van der Waals surface area contributed by atoms with E-state index in [9.17, 15) is 19.0 Å². The molecule has 0 aromatic heterocycles. The minimum absolute atomic E-state index is 0.0543. The third kappa shape index (κ3) is 80.3. The summed E-state index contributed by atoms with van der Waals surface area (Å²) >= 11 is 0. The standard InChI is InChI=1S/C85H158NO8P/c1-3-5-7-9-11-13-15-17-19-21-23-25-27-29-31-33-35-37-38-39-40-41-42-43-44-46-47-49-51-53-55-57-59-61-63-65-67-69-71-73-75-77-84(87)91-81-83(82-93-95(89,90)92-80-79-86)94-85(88)78-76-74-72-70-68-66-64-62-60-58-56-54-52-50-48-45-36-34-32-30-28-26-24-22-20-18-16-14-12-10-8-6-4-2/h6,8,12,14,18,20-21,23-24,26,30,32,83H,3-5,7,9-11,13,15-17,19,22,25,27-29,31,33-82,86H2,1-2H3,(H,89,90)/b8-6-,14-12-,20-18-,23-21-,26-24-,32-30-. The summed E-state index contributed by atoms with van der Waals surface area (Å²) in [6.45, 7) is 3.70. The Kier molecular flexibility index (Phi) is 78.3. The van der Waals surface area contributed by atoms with Crippen molar-refractivity contribution in [2.75, 3.05) is 26.4 Å². The molecule has 2 unspecified atom stereocenters. The van der Waals surface area contributed by atoms with E-state index in [2.05, 4.69) is 86.8 Å². The molecule has 0 rings (SSSR count). The second-order valence-electron chi connectivity index (χ2n) is 28.0. The van der Waals surface area contributed by atoms with Crippen molar-refractivity contribution in [1.82, 2.24) is 0 Å². The summed E-state index contributed by atoms with van der Waals surface area (Å²) in [7, 11) is -4.40. The summed E-state index contributed by atoms with van der Waals surface area (Å²) in [6.07, 6.45) is 108. The smallest absolute Gasteiger partial charge is 0.462 e. The first kappa shape index (κ1) is 92.4. The van der Waals surface area contributed by atoms with Gasteiger partial charge < -0.3 is 20.1 Å². The quantitative estimate of drug-likeness (QED) is 0.0264. The van der Waals surface area contributed by atoms with Gasteiger partial charge in [-0.2, -0.15) is 0 Å². The summed E-state index contributed by atoms with van der Waals surface area (Å²) < 4.78 is 33.3. The summed E-state index contributed by atoms with van der Waals surface area (Å²) in [5.41, 5.74) is 5.42. The molecule has 0 aliphatic rings. The normalized spacial score (nSPS) is 13.2. The Bertz CT molecular complexity index is 1790. The largest absolute Gasteiger partial charge is 0.472 e. The number of carbonyl (C=O) groups is 2. The molecule has 2 atom stereocenters. The van der Waals surface area contributed by atoms with Gasteiger partial charge in [-0.05, 0) is 83.5 Å². The number of nitrogens with two attached hydrogens (primary N) is 1. The lowest BCUT2D eigenvalue weighted by Gasteiger charge is -2.19. The summed E-state index contributed by atoms with van der Waals surface area (Å²) in [6, 6.07) is 0. The van der Waals surface area contributed by atoms with Crippen molar-refractivity contribution in [2.45, 2.75) is 431 Å². The first-order chi connectivity index (χ1) is 46.8. The number of phosphoric ester groups is 1. The first-order valence-electron chi connectivity index (χ1n) is 41.4. The predicted molar refractivity (Wildman–Crippen MR) is 413 cm³/mol. The predicted octanol–water partition coefficient (Wildman–Crippen LogP) is 27.9. The van der Waals surface area contributed by atoms with Crippen molar-refractivity contribution in [3.05, 3.63) is 72.9 Å². The van der Waals surface area contributed by atoms with Gasteiger partial charge in [-0.25, -0.2) is 4.57 Å². The zero-order chi connectivity index (χ0) is 68.6. The van der Waals surface area contributed by atoms with Crippen LogP contribution in [-0.4, -0.2) is 49.3 Å². The minimum Gasteiger partial charge on any atom is -0.462 e. The monoisotopic (exact) mass is 1350 g/mol. The van der Waals surface area contributed by atoms with E-state index < -0.39 is 26.5 Å². The van der Waals surface area contributed by atoms with Crippen molar-refractivity contribution in [3.63, 3.8) is 0 Å². The van der Waals surface area contributed by atoms with Crippen LogP contribution in [0.5, 0.6) is 0 Å². The molecule has 0 amide bonds. The molecule has 0 bridgehead atoms. The number of phosphoric acid groups is 1. The lowest BCUT2D eigenvalue weighted by atomic mass is 10.0. The molecule has 0 spiro atoms. The Morgan fingerprint density at radius 3 is 0.874 bits per heavy atom. The number of hydrogen-bond donors (Lipinski definition) is 2. The van der Waals surface area contributed by atoms with E-state index in [-0.39, 0.29) is 38.6 Å². The Morgan fingerprint density at radius 1 is 0.326 bits per heavy atom. The molecule has 95 heavy (non-hydrogen) atoms. The van der Waals surface area contributed by atoms with Crippen LogP contribution in [0.25, 0.3) is 0 Å². The third-order valence-electron chi connectivity index (χ3n) is 18.6. The maximum Gasteiger partial charge on any atom is 0.472 e. The lowest BCUT2D eigenvalue weighted by Crippen LogP contribution is -2.29. The van der Waals surface area contributed by atoms with Gasteiger partial charge in [0.2, 0.25) is 0 Å². The molecular weight excluding hydrogens is 1190 g/mol. The van der Waals surface area contributed by atoms with Gasteiger partial charge in [-0.15, -0.1) is 0 Å².